The predicted molar refractivity (Wildman–Crippen MR) is 113 cm³/mol. The number of piperazine rings is 1. The van der Waals surface area contributed by atoms with Crippen molar-refractivity contribution in [3.63, 3.8) is 0 Å². The summed E-state index contributed by atoms with van der Waals surface area (Å²) in [5, 5.41) is 9.42. The number of nitriles is 1. The van der Waals surface area contributed by atoms with E-state index < -0.39 is 9.84 Å². The molecule has 0 N–H and O–H groups in total. The SMILES string of the molecule is COc1cccc(S(=O)(=O)CCN2CCN(c3oc(-c4ccco4)nc3C#N)CC2)c1. The quantitative estimate of drug-likeness (QED) is 0.544. The van der Waals surface area contributed by atoms with Gasteiger partial charge < -0.3 is 18.5 Å². The van der Waals surface area contributed by atoms with Gasteiger partial charge in [-0.15, -0.1) is 0 Å². The van der Waals surface area contributed by atoms with E-state index in [1.54, 1.807) is 30.3 Å². The topological polar surface area (TPSA) is 113 Å². The van der Waals surface area contributed by atoms with Crippen LogP contribution in [0.15, 0.2) is 56.4 Å². The molecule has 3 heterocycles. The maximum Gasteiger partial charge on any atom is 0.266 e. The Bertz CT molecular complexity index is 1170. The van der Waals surface area contributed by atoms with Crippen LogP contribution in [0.3, 0.4) is 0 Å². The highest BCUT2D eigenvalue weighted by Gasteiger charge is 2.26. The average Bonchev–Trinajstić information content (AvgIpc) is 3.48. The standard InChI is InChI=1S/C21H22N4O5S/c1-28-16-4-2-5-17(14-16)31(26,27)13-11-24-7-9-25(10-8-24)21-18(15-22)23-20(30-21)19-6-3-12-29-19/h2-6,12,14H,7-11,13H2,1H3. The zero-order valence-corrected chi connectivity index (χ0v) is 17.8. The Morgan fingerprint density at radius 1 is 1.19 bits per heavy atom. The Hall–Kier alpha value is -3.29. The van der Waals surface area contributed by atoms with E-state index in [1.807, 2.05) is 4.90 Å². The molecular formula is C21H22N4O5S. The molecule has 10 heteroatoms. The van der Waals surface area contributed by atoms with Crippen LogP contribution in [-0.4, -0.2) is 63.9 Å². The summed E-state index contributed by atoms with van der Waals surface area (Å²) in [7, 11) is -1.90. The van der Waals surface area contributed by atoms with Crippen molar-refractivity contribution >= 4 is 15.7 Å². The normalized spacial score (nSPS) is 15.0. The van der Waals surface area contributed by atoms with Crippen LogP contribution in [0.2, 0.25) is 0 Å². The van der Waals surface area contributed by atoms with E-state index in [2.05, 4.69) is 16.0 Å². The number of nitrogens with zero attached hydrogens (tertiary/aromatic N) is 4. The molecular weight excluding hydrogens is 420 g/mol. The second-order valence-corrected chi connectivity index (χ2v) is 9.20. The van der Waals surface area contributed by atoms with E-state index >= 15 is 0 Å². The van der Waals surface area contributed by atoms with Crippen LogP contribution in [0.1, 0.15) is 5.69 Å². The van der Waals surface area contributed by atoms with E-state index in [4.69, 9.17) is 13.6 Å². The van der Waals surface area contributed by atoms with Crippen molar-refractivity contribution < 1.29 is 22.0 Å². The van der Waals surface area contributed by atoms with Crippen molar-refractivity contribution in [2.75, 3.05) is 50.5 Å². The van der Waals surface area contributed by atoms with Crippen LogP contribution < -0.4 is 9.64 Å². The highest BCUT2D eigenvalue weighted by Crippen LogP contribution is 2.29. The molecule has 0 spiro atoms. The molecule has 1 aromatic carbocycles. The third-order valence-corrected chi connectivity index (χ3v) is 6.88. The lowest BCUT2D eigenvalue weighted by molar-refractivity contribution is 0.267. The Morgan fingerprint density at radius 2 is 2.00 bits per heavy atom. The molecule has 0 unspecified atom stereocenters. The second kappa shape index (κ2) is 8.83. The minimum absolute atomic E-state index is 0.0224. The zero-order valence-electron chi connectivity index (χ0n) is 17.0. The molecule has 1 aliphatic rings. The molecule has 1 fully saturated rings. The number of anilines is 1. The van der Waals surface area contributed by atoms with Crippen LogP contribution in [0, 0.1) is 11.3 Å². The van der Waals surface area contributed by atoms with Crippen molar-refractivity contribution in [2.45, 2.75) is 4.90 Å². The van der Waals surface area contributed by atoms with Gasteiger partial charge in [-0.05, 0) is 30.3 Å². The van der Waals surface area contributed by atoms with Crippen molar-refractivity contribution in [1.29, 1.82) is 5.26 Å². The highest BCUT2D eigenvalue weighted by atomic mass is 32.2. The van der Waals surface area contributed by atoms with Crippen LogP contribution >= 0.6 is 0 Å². The van der Waals surface area contributed by atoms with Crippen LogP contribution in [-0.2, 0) is 9.84 Å². The molecule has 9 nitrogen and oxygen atoms in total. The first-order valence-electron chi connectivity index (χ1n) is 9.79. The van der Waals surface area contributed by atoms with Gasteiger partial charge in [0.15, 0.2) is 15.6 Å². The predicted octanol–water partition coefficient (Wildman–Crippen LogP) is 2.41. The number of rotatable bonds is 7. The maximum atomic E-state index is 12.7. The molecule has 0 bridgehead atoms. The number of furan rings is 1. The number of sulfone groups is 1. The van der Waals surface area contributed by atoms with E-state index in [0.29, 0.717) is 50.1 Å². The van der Waals surface area contributed by atoms with Crippen LogP contribution in [0.25, 0.3) is 11.7 Å². The van der Waals surface area contributed by atoms with Crippen LogP contribution in [0.4, 0.5) is 5.88 Å². The van der Waals surface area contributed by atoms with Gasteiger partial charge in [-0.1, -0.05) is 6.07 Å². The lowest BCUT2D eigenvalue weighted by atomic mass is 10.3. The van der Waals surface area contributed by atoms with Crippen LogP contribution in [0.5, 0.6) is 5.75 Å². The molecule has 31 heavy (non-hydrogen) atoms. The Labute approximate surface area is 180 Å². The fourth-order valence-electron chi connectivity index (χ4n) is 3.44. The van der Waals surface area contributed by atoms with E-state index in [9.17, 15) is 13.7 Å². The number of hydrogen-bond acceptors (Lipinski definition) is 9. The monoisotopic (exact) mass is 442 g/mol. The fourth-order valence-corrected chi connectivity index (χ4v) is 4.76. The fraction of sp³-hybridized carbons (Fsp3) is 0.333. The summed E-state index contributed by atoms with van der Waals surface area (Å²) in [5.74, 6) is 1.68. The van der Waals surface area contributed by atoms with Gasteiger partial charge in [-0.2, -0.15) is 10.2 Å². The summed E-state index contributed by atoms with van der Waals surface area (Å²) in [6.45, 7) is 2.92. The van der Waals surface area contributed by atoms with Crippen molar-refractivity contribution in [3.05, 3.63) is 48.4 Å². The summed E-state index contributed by atoms with van der Waals surface area (Å²) >= 11 is 0. The molecule has 162 valence electrons. The number of ether oxygens (including phenoxy) is 1. The number of methoxy groups -OCH3 is 1. The highest BCUT2D eigenvalue weighted by molar-refractivity contribution is 7.91. The number of benzene rings is 1. The minimum Gasteiger partial charge on any atom is -0.497 e. The molecule has 0 saturated carbocycles. The third-order valence-electron chi connectivity index (χ3n) is 5.18. The largest absolute Gasteiger partial charge is 0.497 e. The van der Waals surface area contributed by atoms with Gasteiger partial charge in [0.1, 0.15) is 11.8 Å². The third kappa shape index (κ3) is 4.57. The molecule has 0 radical (unpaired) electrons. The van der Waals surface area contributed by atoms with E-state index in [1.165, 1.54) is 19.4 Å². The molecule has 3 aromatic rings. The van der Waals surface area contributed by atoms with Crippen molar-refractivity contribution in [1.82, 2.24) is 9.88 Å². The molecule has 1 aliphatic heterocycles. The lowest BCUT2D eigenvalue weighted by Gasteiger charge is -2.34. The molecule has 0 amide bonds. The van der Waals surface area contributed by atoms with Gasteiger partial charge in [-0.3, -0.25) is 4.90 Å². The summed E-state index contributed by atoms with van der Waals surface area (Å²) in [4.78, 5) is 8.51. The Kier molecular flexibility index (Phi) is 5.97. The zero-order chi connectivity index (χ0) is 21.8. The van der Waals surface area contributed by atoms with Gasteiger partial charge in [0.25, 0.3) is 5.89 Å². The Balaban J connectivity index is 1.37. The molecule has 0 aliphatic carbocycles. The molecule has 0 atom stereocenters. The number of aromatic nitrogens is 1. The minimum atomic E-state index is -3.41. The lowest BCUT2D eigenvalue weighted by Crippen LogP contribution is -2.47. The first kappa shape index (κ1) is 21.0. The first-order valence-corrected chi connectivity index (χ1v) is 11.4. The van der Waals surface area contributed by atoms with Crippen molar-refractivity contribution in [2.24, 2.45) is 0 Å². The molecule has 1 saturated heterocycles. The first-order chi connectivity index (χ1) is 15.0. The van der Waals surface area contributed by atoms with Gasteiger partial charge >= 0.3 is 0 Å². The Morgan fingerprint density at radius 3 is 2.68 bits per heavy atom. The van der Waals surface area contributed by atoms with E-state index in [0.717, 1.165) is 0 Å². The average molecular weight is 442 g/mol. The van der Waals surface area contributed by atoms with Gasteiger partial charge in [-0.25, -0.2) is 8.42 Å². The summed E-state index contributed by atoms with van der Waals surface area (Å²) in [6.07, 6.45) is 1.52. The maximum absolute atomic E-state index is 12.7. The summed E-state index contributed by atoms with van der Waals surface area (Å²) in [6, 6.07) is 12.0. The van der Waals surface area contributed by atoms with Crippen molar-refractivity contribution in [3.8, 4) is 23.5 Å². The number of hydrogen-bond donors (Lipinski definition) is 0. The molecule has 4 rings (SSSR count). The van der Waals surface area contributed by atoms with Gasteiger partial charge in [0.2, 0.25) is 11.6 Å². The molecule has 2 aromatic heterocycles. The summed E-state index contributed by atoms with van der Waals surface area (Å²) in [5.41, 5.74) is 0.209. The second-order valence-electron chi connectivity index (χ2n) is 7.09. The van der Waals surface area contributed by atoms with Gasteiger partial charge in [0, 0.05) is 32.7 Å². The van der Waals surface area contributed by atoms with Gasteiger partial charge in [0.05, 0.1) is 24.0 Å². The smallest absolute Gasteiger partial charge is 0.266 e. The number of oxazole rings is 1. The summed E-state index contributed by atoms with van der Waals surface area (Å²) < 4.78 is 41.5. The van der Waals surface area contributed by atoms with E-state index in [-0.39, 0.29) is 22.2 Å².